The highest BCUT2D eigenvalue weighted by molar-refractivity contribution is 7.89. The third kappa shape index (κ3) is 7.80. The van der Waals surface area contributed by atoms with Crippen LogP contribution < -0.4 is 10.1 Å². The van der Waals surface area contributed by atoms with Gasteiger partial charge < -0.3 is 15.0 Å². The first-order valence-electron chi connectivity index (χ1n) is 11.6. The van der Waals surface area contributed by atoms with Crippen LogP contribution in [0.1, 0.15) is 45.2 Å². The van der Waals surface area contributed by atoms with E-state index in [9.17, 15) is 18.0 Å². The summed E-state index contributed by atoms with van der Waals surface area (Å²) >= 11 is 0. The van der Waals surface area contributed by atoms with Crippen molar-refractivity contribution in [2.24, 2.45) is 0 Å². The van der Waals surface area contributed by atoms with Crippen molar-refractivity contribution in [3.05, 3.63) is 59.7 Å². The minimum Gasteiger partial charge on any atom is -0.497 e. The molecule has 0 bridgehead atoms. The van der Waals surface area contributed by atoms with Crippen LogP contribution in [0.3, 0.4) is 0 Å². The molecule has 0 saturated heterocycles. The summed E-state index contributed by atoms with van der Waals surface area (Å²) in [5, 5.41) is 2.94. The van der Waals surface area contributed by atoms with Gasteiger partial charge in [0.2, 0.25) is 21.8 Å². The van der Waals surface area contributed by atoms with E-state index in [2.05, 4.69) is 5.32 Å². The number of amides is 2. The predicted molar refractivity (Wildman–Crippen MR) is 137 cm³/mol. The number of carbonyl (C=O) groups is 2. The monoisotopic (exact) mass is 503 g/mol. The van der Waals surface area contributed by atoms with Crippen molar-refractivity contribution in [3.8, 4) is 5.75 Å². The first-order chi connectivity index (χ1) is 16.3. The standard InChI is InChI=1S/C26H37N3O5S/c1-8-23(25(31)27-26(3,4)5)29(17-20-11-13-21(34-7)14-12-20)24(30)18-28(6)35(32,33)22-15-9-19(2)10-16-22/h9-16,23H,8,17-18H2,1-7H3,(H,27,31)/t23-/m1/s1. The van der Waals surface area contributed by atoms with Gasteiger partial charge in [-0.05, 0) is 63.9 Å². The fraction of sp³-hybridized carbons (Fsp3) is 0.462. The summed E-state index contributed by atoms with van der Waals surface area (Å²) in [6.45, 7) is 9.06. The highest BCUT2D eigenvalue weighted by atomic mass is 32.2. The van der Waals surface area contributed by atoms with Crippen LogP contribution >= 0.6 is 0 Å². The summed E-state index contributed by atoms with van der Waals surface area (Å²) in [5.41, 5.74) is 1.25. The maximum absolute atomic E-state index is 13.5. The summed E-state index contributed by atoms with van der Waals surface area (Å²) < 4.78 is 32.3. The van der Waals surface area contributed by atoms with E-state index in [0.29, 0.717) is 12.2 Å². The fourth-order valence-electron chi connectivity index (χ4n) is 3.56. The van der Waals surface area contributed by atoms with E-state index < -0.39 is 34.1 Å². The molecule has 0 heterocycles. The van der Waals surface area contributed by atoms with Gasteiger partial charge in [-0.15, -0.1) is 0 Å². The largest absolute Gasteiger partial charge is 0.497 e. The Balaban J connectivity index is 2.34. The predicted octanol–water partition coefficient (Wildman–Crippen LogP) is 3.35. The Kier molecular flexibility index (Phi) is 9.45. The molecule has 35 heavy (non-hydrogen) atoms. The van der Waals surface area contributed by atoms with Gasteiger partial charge in [-0.3, -0.25) is 9.59 Å². The number of likely N-dealkylation sites (N-methyl/N-ethyl adjacent to an activating group) is 1. The second kappa shape index (κ2) is 11.7. The topological polar surface area (TPSA) is 96.0 Å². The van der Waals surface area contributed by atoms with Crippen LogP contribution in [0, 0.1) is 6.92 Å². The molecule has 0 fully saturated rings. The van der Waals surface area contributed by atoms with E-state index in [1.807, 2.05) is 46.8 Å². The molecule has 1 atom stereocenters. The van der Waals surface area contributed by atoms with Gasteiger partial charge in [0.05, 0.1) is 18.6 Å². The maximum Gasteiger partial charge on any atom is 0.243 e. The van der Waals surface area contributed by atoms with Crippen molar-refractivity contribution in [1.29, 1.82) is 0 Å². The zero-order chi connectivity index (χ0) is 26.4. The molecule has 0 aliphatic heterocycles. The summed E-state index contributed by atoms with van der Waals surface area (Å²) in [7, 11) is -0.940. The average Bonchev–Trinajstić information content (AvgIpc) is 2.78. The minimum absolute atomic E-state index is 0.109. The fourth-order valence-corrected chi connectivity index (χ4v) is 4.68. The summed E-state index contributed by atoms with van der Waals surface area (Å²) in [4.78, 5) is 28.2. The summed E-state index contributed by atoms with van der Waals surface area (Å²) in [6, 6.07) is 12.9. The highest BCUT2D eigenvalue weighted by Crippen LogP contribution is 2.19. The SMILES string of the molecule is CC[C@H](C(=O)NC(C)(C)C)N(Cc1ccc(OC)cc1)C(=O)CN(C)S(=O)(=O)c1ccc(C)cc1. The molecule has 9 heteroatoms. The number of hydrogen-bond acceptors (Lipinski definition) is 5. The van der Waals surface area contributed by atoms with Gasteiger partial charge >= 0.3 is 0 Å². The molecule has 1 N–H and O–H groups in total. The molecule has 0 unspecified atom stereocenters. The molecule has 0 spiro atoms. The normalized spacial score (nSPS) is 12.8. The maximum atomic E-state index is 13.5. The van der Waals surface area contributed by atoms with Crippen molar-refractivity contribution in [3.63, 3.8) is 0 Å². The molecule has 2 amide bonds. The number of methoxy groups -OCH3 is 1. The van der Waals surface area contributed by atoms with Crippen LogP contribution in [-0.2, 0) is 26.2 Å². The van der Waals surface area contributed by atoms with Crippen molar-refractivity contribution >= 4 is 21.8 Å². The lowest BCUT2D eigenvalue weighted by Crippen LogP contribution is -2.55. The number of benzene rings is 2. The van der Waals surface area contributed by atoms with Crippen LogP contribution in [0.15, 0.2) is 53.4 Å². The molecule has 0 aliphatic carbocycles. The number of sulfonamides is 1. The van der Waals surface area contributed by atoms with Gasteiger partial charge in [0.15, 0.2) is 0 Å². The lowest BCUT2D eigenvalue weighted by atomic mass is 10.1. The van der Waals surface area contributed by atoms with E-state index in [1.54, 1.807) is 31.4 Å². The third-order valence-corrected chi connectivity index (χ3v) is 7.30. The van der Waals surface area contributed by atoms with Crippen LogP contribution in [0.4, 0.5) is 0 Å². The molecule has 2 rings (SSSR count). The summed E-state index contributed by atoms with van der Waals surface area (Å²) in [6.07, 6.45) is 0.373. The average molecular weight is 504 g/mol. The Bertz CT molecular complexity index is 1110. The van der Waals surface area contributed by atoms with Gasteiger partial charge in [0.1, 0.15) is 11.8 Å². The van der Waals surface area contributed by atoms with Crippen LogP contribution in [0.25, 0.3) is 0 Å². The van der Waals surface area contributed by atoms with Crippen molar-refractivity contribution in [2.45, 2.75) is 64.1 Å². The molecule has 0 saturated carbocycles. The molecular formula is C26H37N3O5S. The van der Waals surface area contributed by atoms with Gasteiger partial charge in [-0.2, -0.15) is 4.31 Å². The first-order valence-corrected chi connectivity index (χ1v) is 13.0. The Morgan fingerprint density at radius 3 is 2.09 bits per heavy atom. The van der Waals surface area contributed by atoms with Gasteiger partial charge in [0, 0.05) is 19.1 Å². The smallest absolute Gasteiger partial charge is 0.243 e. The second-order valence-electron chi connectivity index (χ2n) is 9.61. The van der Waals surface area contributed by atoms with E-state index in [-0.39, 0.29) is 17.3 Å². The second-order valence-corrected chi connectivity index (χ2v) is 11.7. The zero-order valence-corrected chi connectivity index (χ0v) is 22.5. The van der Waals surface area contributed by atoms with E-state index >= 15 is 0 Å². The van der Waals surface area contributed by atoms with Gasteiger partial charge in [0.25, 0.3) is 0 Å². The lowest BCUT2D eigenvalue weighted by Gasteiger charge is -2.34. The number of ether oxygens (including phenoxy) is 1. The number of nitrogens with one attached hydrogen (secondary N) is 1. The lowest BCUT2D eigenvalue weighted by molar-refractivity contribution is -0.142. The number of hydrogen-bond donors (Lipinski definition) is 1. The number of nitrogens with zero attached hydrogens (tertiary/aromatic N) is 2. The molecule has 0 radical (unpaired) electrons. The van der Waals surface area contributed by atoms with Crippen LogP contribution in [0.2, 0.25) is 0 Å². The van der Waals surface area contributed by atoms with E-state index in [1.165, 1.54) is 24.1 Å². The number of carbonyl (C=O) groups excluding carboxylic acids is 2. The Hall–Kier alpha value is -2.91. The molecule has 0 aliphatic rings. The van der Waals surface area contributed by atoms with Crippen molar-refractivity contribution < 1.29 is 22.7 Å². The van der Waals surface area contributed by atoms with Crippen molar-refractivity contribution in [2.75, 3.05) is 20.7 Å². The number of rotatable bonds is 10. The Labute approximate surface area is 209 Å². The highest BCUT2D eigenvalue weighted by Gasteiger charge is 2.33. The van der Waals surface area contributed by atoms with Crippen LogP contribution in [0.5, 0.6) is 5.75 Å². The molecule has 8 nitrogen and oxygen atoms in total. The van der Waals surface area contributed by atoms with E-state index in [4.69, 9.17) is 4.74 Å². The first kappa shape index (κ1) is 28.3. The molecule has 192 valence electrons. The Morgan fingerprint density at radius 2 is 1.60 bits per heavy atom. The number of aryl methyl sites for hydroxylation is 1. The van der Waals surface area contributed by atoms with Crippen molar-refractivity contribution in [1.82, 2.24) is 14.5 Å². The molecular weight excluding hydrogens is 466 g/mol. The molecule has 2 aromatic carbocycles. The quantitative estimate of drug-likeness (QED) is 0.537. The summed E-state index contributed by atoms with van der Waals surface area (Å²) in [5.74, 6) is -0.0751. The van der Waals surface area contributed by atoms with Gasteiger partial charge in [-0.25, -0.2) is 8.42 Å². The Morgan fingerprint density at radius 1 is 1.03 bits per heavy atom. The zero-order valence-electron chi connectivity index (χ0n) is 21.7. The van der Waals surface area contributed by atoms with Crippen LogP contribution in [-0.4, -0.2) is 61.7 Å². The van der Waals surface area contributed by atoms with E-state index in [0.717, 1.165) is 15.4 Å². The van der Waals surface area contributed by atoms with Gasteiger partial charge in [-0.1, -0.05) is 36.8 Å². The minimum atomic E-state index is -3.88. The molecule has 2 aromatic rings. The molecule has 0 aromatic heterocycles. The third-order valence-electron chi connectivity index (χ3n) is 5.48.